The van der Waals surface area contributed by atoms with Gasteiger partial charge in [0.05, 0.1) is 6.20 Å². The normalized spacial score (nSPS) is 17.1. The summed E-state index contributed by atoms with van der Waals surface area (Å²) in [5.74, 6) is 2.19. The van der Waals surface area contributed by atoms with Crippen LogP contribution in [0.3, 0.4) is 0 Å². The van der Waals surface area contributed by atoms with Crippen LogP contribution in [0.4, 0.5) is 11.6 Å². The van der Waals surface area contributed by atoms with Gasteiger partial charge in [-0.2, -0.15) is 0 Å². The quantitative estimate of drug-likeness (QED) is 0.883. The monoisotopic (exact) mass is 328 g/mol. The molecule has 0 radical (unpaired) electrons. The Balaban J connectivity index is 1.73. The van der Waals surface area contributed by atoms with E-state index >= 15 is 0 Å². The third kappa shape index (κ3) is 3.83. The maximum atomic E-state index is 11.9. The summed E-state index contributed by atoms with van der Waals surface area (Å²) in [7, 11) is 1.53. The average Bonchev–Trinajstić information content (AvgIpc) is 3.06. The first-order valence-electron chi connectivity index (χ1n) is 7.81. The highest BCUT2D eigenvalue weighted by atomic mass is 16.5. The molecule has 0 aromatic carbocycles. The van der Waals surface area contributed by atoms with Gasteiger partial charge < -0.3 is 15.0 Å². The molecule has 8 nitrogen and oxygen atoms in total. The van der Waals surface area contributed by atoms with Crippen molar-refractivity contribution in [1.82, 2.24) is 24.8 Å². The standard InChI is InChI=1S/C16H20N6O2/c1-11-7-13(20-14-8-17-4-5-18-14)21-16(19-11)12-3-6-22(9-12)15(23)10-24-2/h4-5,7-8,12H,3,6,9-10H2,1-2H3,(H,18,19,20,21)/t12-/m1/s1. The zero-order valence-electron chi connectivity index (χ0n) is 13.8. The summed E-state index contributed by atoms with van der Waals surface area (Å²) in [5, 5.41) is 3.14. The van der Waals surface area contributed by atoms with E-state index < -0.39 is 0 Å². The van der Waals surface area contributed by atoms with Crippen LogP contribution in [0.15, 0.2) is 24.7 Å². The number of likely N-dealkylation sites (tertiary alicyclic amines) is 1. The Bertz CT molecular complexity index is 709. The summed E-state index contributed by atoms with van der Waals surface area (Å²) >= 11 is 0. The van der Waals surface area contributed by atoms with Gasteiger partial charge >= 0.3 is 0 Å². The number of hydrogen-bond acceptors (Lipinski definition) is 7. The van der Waals surface area contributed by atoms with Gasteiger partial charge in [0, 0.05) is 50.3 Å². The summed E-state index contributed by atoms with van der Waals surface area (Å²) in [6, 6.07) is 1.86. The first-order chi connectivity index (χ1) is 11.7. The van der Waals surface area contributed by atoms with Crippen LogP contribution >= 0.6 is 0 Å². The van der Waals surface area contributed by atoms with Crippen LogP contribution in [-0.2, 0) is 9.53 Å². The Labute approximate surface area is 140 Å². The Morgan fingerprint density at radius 2 is 2.25 bits per heavy atom. The molecule has 0 unspecified atom stereocenters. The minimum atomic E-state index is 0.00515. The number of methoxy groups -OCH3 is 1. The fourth-order valence-corrected chi connectivity index (χ4v) is 2.75. The predicted octanol–water partition coefficient (Wildman–Crippen LogP) is 1.28. The predicted molar refractivity (Wildman–Crippen MR) is 87.9 cm³/mol. The molecule has 1 N–H and O–H groups in total. The van der Waals surface area contributed by atoms with Crippen LogP contribution in [-0.4, -0.2) is 57.5 Å². The zero-order chi connectivity index (χ0) is 16.9. The van der Waals surface area contributed by atoms with Crippen molar-refractivity contribution in [2.24, 2.45) is 0 Å². The number of aryl methyl sites for hydroxylation is 1. The second kappa shape index (κ2) is 7.31. The Morgan fingerprint density at radius 1 is 1.38 bits per heavy atom. The molecule has 1 saturated heterocycles. The second-order valence-corrected chi connectivity index (χ2v) is 5.73. The van der Waals surface area contributed by atoms with Crippen LogP contribution in [0.2, 0.25) is 0 Å². The van der Waals surface area contributed by atoms with Crippen LogP contribution in [0.25, 0.3) is 0 Å². The fourth-order valence-electron chi connectivity index (χ4n) is 2.75. The van der Waals surface area contributed by atoms with Gasteiger partial charge in [-0.05, 0) is 13.3 Å². The van der Waals surface area contributed by atoms with E-state index in [9.17, 15) is 4.79 Å². The third-order valence-corrected chi connectivity index (χ3v) is 3.86. The molecule has 1 fully saturated rings. The number of nitrogens with one attached hydrogen (secondary N) is 1. The lowest BCUT2D eigenvalue weighted by Crippen LogP contribution is -2.31. The molecule has 2 aromatic heterocycles. The van der Waals surface area contributed by atoms with Crippen molar-refractivity contribution in [3.63, 3.8) is 0 Å². The third-order valence-electron chi connectivity index (χ3n) is 3.86. The van der Waals surface area contributed by atoms with Crippen molar-refractivity contribution in [2.45, 2.75) is 19.3 Å². The van der Waals surface area contributed by atoms with E-state index in [-0.39, 0.29) is 18.4 Å². The number of carbonyl (C=O) groups is 1. The molecule has 126 valence electrons. The minimum Gasteiger partial charge on any atom is -0.375 e. The average molecular weight is 328 g/mol. The van der Waals surface area contributed by atoms with E-state index in [1.165, 1.54) is 7.11 Å². The SMILES string of the molecule is COCC(=O)N1CC[C@@H](c2nc(C)cc(Nc3cnccn3)n2)C1. The Morgan fingerprint density at radius 3 is 3.00 bits per heavy atom. The van der Waals surface area contributed by atoms with Gasteiger partial charge in [0.25, 0.3) is 0 Å². The van der Waals surface area contributed by atoms with Crippen molar-refractivity contribution < 1.29 is 9.53 Å². The van der Waals surface area contributed by atoms with Crippen LogP contribution in [0.1, 0.15) is 23.9 Å². The lowest BCUT2D eigenvalue weighted by atomic mass is 10.1. The molecule has 0 saturated carbocycles. The van der Waals surface area contributed by atoms with Gasteiger partial charge in [-0.1, -0.05) is 0 Å². The molecule has 1 aliphatic heterocycles. The lowest BCUT2D eigenvalue weighted by molar-refractivity contribution is -0.134. The largest absolute Gasteiger partial charge is 0.375 e. The maximum absolute atomic E-state index is 11.9. The number of ether oxygens (including phenoxy) is 1. The lowest BCUT2D eigenvalue weighted by Gasteiger charge is -2.16. The van der Waals surface area contributed by atoms with E-state index in [0.29, 0.717) is 24.7 Å². The summed E-state index contributed by atoms with van der Waals surface area (Å²) in [6.07, 6.45) is 5.72. The molecule has 0 bridgehead atoms. The first-order valence-corrected chi connectivity index (χ1v) is 7.81. The number of aromatic nitrogens is 4. The van der Waals surface area contributed by atoms with Crippen molar-refractivity contribution in [2.75, 3.05) is 32.1 Å². The molecular weight excluding hydrogens is 308 g/mol. The summed E-state index contributed by atoms with van der Waals surface area (Å²) in [6.45, 7) is 3.37. The highest BCUT2D eigenvalue weighted by Gasteiger charge is 2.29. The first kappa shape index (κ1) is 16.3. The Kier molecular flexibility index (Phi) is 4.95. The zero-order valence-corrected chi connectivity index (χ0v) is 13.8. The van der Waals surface area contributed by atoms with Crippen molar-refractivity contribution >= 4 is 17.5 Å². The van der Waals surface area contributed by atoms with E-state index in [4.69, 9.17) is 4.74 Å². The summed E-state index contributed by atoms with van der Waals surface area (Å²) in [5.41, 5.74) is 0.869. The highest BCUT2D eigenvalue weighted by Crippen LogP contribution is 2.26. The topological polar surface area (TPSA) is 93.1 Å². The molecule has 3 heterocycles. The van der Waals surface area contributed by atoms with Gasteiger partial charge in [-0.25, -0.2) is 15.0 Å². The van der Waals surface area contributed by atoms with E-state index in [1.807, 2.05) is 13.0 Å². The van der Waals surface area contributed by atoms with Gasteiger partial charge in [0.15, 0.2) is 0 Å². The molecule has 24 heavy (non-hydrogen) atoms. The van der Waals surface area contributed by atoms with Crippen molar-refractivity contribution in [3.05, 3.63) is 36.2 Å². The van der Waals surface area contributed by atoms with Crippen molar-refractivity contribution in [1.29, 1.82) is 0 Å². The van der Waals surface area contributed by atoms with E-state index in [0.717, 1.165) is 17.9 Å². The van der Waals surface area contributed by atoms with Gasteiger partial charge in [-0.3, -0.25) is 9.78 Å². The maximum Gasteiger partial charge on any atom is 0.248 e. The van der Waals surface area contributed by atoms with Crippen molar-refractivity contribution in [3.8, 4) is 0 Å². The molecule has 0 spiro atoms. The number of amides is 1. The molecule has 3 rings (SSSR count). The fraction of sp³-hybridized carbons (Fsp3) is 0.438. The smallest absolute Gasteiger partial charge is 0.248 e. The molecule has 2 aromatic rings. The summed E-state index contributed by atoms with van der Waals surface area (Å²) in [4.78, 5) is 31.1. The number of hydrogen-bond donors (Lipinski definition) is 1. The van der Waals surface area contributed by atoms with Crippen LogP contribution in [0, 0.1) is 6.92 Å². The molecule has 1 amide bonds. The van der Waals surface area contributed by atoms with E-state index in [1.54, 1.807) is 23.5 Å². The van der Waals surface area contributed by atoms with Gasteiger partial charge in [0.2, 0.25) is 5.91 Å². The molecule has 1 atom stereocenters. The molecule has 0 aliphatic carbocycles. The molecule has 8 heteroatoms. The summed E-state index contributed by atoms with van der Waals surface area (Å²) < 4.78 is 4.92. The molecular formula is C16H20N6O2. The number of nitrogens with zero attached hydrogens (tertiary/aromatic N) is 5. The number of rotatable bonds is 5. The highest BCUT2D eigenvalue weighted by molar-refractivity contribution is 5.77. The van der Waals surface area contributed by atoms with Gasteiger partial charge in [0.1, 0.15) is 24.1 Å². The van der Waals surface area contributed by atoms with Gasteiger partial charge in [-0.15, -0.1) is 0 Å². The minimum absolute atomic E-state index is 0.00515. The number of carbonyl (C=O) groups excluding carboxylic acids is 1. The van der Waals surface area contributed by atoms with Crippen LogP contribution < -0.4 is 5.32 Å². The van der Waals surface area contributed by atoms with E-state index in [2.05, 4.69) is 25.3 Å². The molecule has 1 aliphatic rings. The second-order valence-electron chi connectivity index (χ2n) is 5.73. The number of anilines is 2. The Hall–Kier alpha value is -2.61. The van der Waals surface area contributed by atoms with Crippen LogP contribution in [0.5, 0.6) is 0 Å².